The molecular weight excluding hydrogens is 364 g/mol. The third-order valence-corrected chi connectivity index (χ3v) is 4.70. The van der Waals surface area contributed by atoms with Crippen LogP contribution in [0.4, 0.5) is 4.79 Å². The van der Waals surface area contributed by atoms with Crippen molar-refractivity contribution in [3.63, 3.8) is 0 Å². The van der Waals surface area contributed by atoms with Gasteiger partial charge >= 0.3 is 0 Å². The first-order valence-corrected chi connectivity index (χ1v) is 8.44. The second-order valence-electron chi connectivity index (χ2n) is 5.40. The maximum absolute atomic E-state index is 12.2. The van der Waals surface area contributed by atoms with E-state index >= 15 is 0 Å². The van der Waals surface area contributed by atoms with Gasteiger partial charge in [-0.2, -0.15) is 0 Å². The van der Waals surface area contributed by atoms with E-state index in [1.165, 1.54) is 6.08 Å². The summed E-state index contributed by atoms with van der Waals surface area (Å²) in [4.78, 5) is 35.9. The van der Waals surface area contributed by atoms with Crippen molar-refractivity contribution in [2.45, 2.75) is 6.92 Å². The standard InChI is InChI=1S/C17H13ClN2O4S/c1-9-2-3-10(18)6-12(9)13-5-4-11(24-13)7-14-16(22)20(8-15(19)21)17(23)25-14/h2-7H,8H2,1H3,(H2,19,21)/b14-7-. The summed E-state index contributed by atoms with van der Waals surface area (Å²) in [6, 6.07) is 8.92. The smallest absolute Gasteiger partial charge is 0.294 e. The molecule has 2 aromatic rings. The summed E-state index contributed by atoms with van der Waals surface area (Å²) in [6.45, 7) is 1.50. The first-order chi connectivity index (χ1) is 11.8. The summed E-state index contributed by atoms with van der Waals surface area (Å²) in [5.41, 5.74) is 6.88. The van der Waals surface area contributed by atoms with Crippen molar-refractivity contribution >= 4 is 46.5 Å². The number of amides is 3. The van der Waals surface area contributed by atoms with E-state index in [1.807, 2.05) is 13.0 Å². The maximum Gasteiger partial charge on any atom is 0.294 e. The summed E-state index contributed by atoms with van der Waals surface area (Å²) in [7, 11) is 0. The molecule has 8 heteroatoms. The quantitative estimate of drug-likeness (QED) is 0.825. The van der Waals surface area contributed by atoms with Gasteiger partial charge in [0.15, 0.2) is 0 Å². The summed E-state index contributed by atoms with van der Waals surface area (Å²) < 4.78 is 5.75. The zero-order chi connectivity index (χ0) is 18.1. The van der Waals surface area contributed by atoms with Crippen molar-refractivity contribution in [1.82, 2.24) is 4.90 Å². The first-order valence-electron chi connectivity index (χ1n) is 7.25. The van der Waals surface area contributed by atoms with Gasteiger partial charge in [0, 0.05) is 16.7 Å². The summed E-state index contributed by atoms with van der Waals surface area (Å²) in [5, 5.41) is 0.0543. The van der Waals surface area contributed by atoms with Crippen LogP contribution in [0, 0.1) is 6.92 Å². The van der Waals surface area contributed by atoms with Crippen LogP contribution in [0.1, 0.15) is 11.3 Å². The van der Waals surface area contributed by atoms with Crippen molar-refractivity contribution < 1.29 is 18.8 Å². The number of nitrogens with two attached hydrogens (primary N) is 1. The number of furan rings is 1. The summed E-state index contributed by atoms with van der Waals surface area (Å²) in [6.07, 6.45) is 1.47. The predicted molar refractivity (Wildman–Crippen MR) is 95.8 cm³/mol. The largest absolute Gasteiger partial charge is 0.457 e. The van der Waals surface area contributed by atoms with Crippen molar-refractivity contribution in [3.05, 3.63) is 51.6 Å². The van der Waals surface area contributed by atoms with Gasteiger partial charge in [-0.15, -0.1) is 0 Å². The Morgan fingerprint density at radius 3 is 2.80 bits per heavy atom. The summed E-state index contributed by atoms with van der Waals surface area (Å²) >= 11 is 6.76. The molecule has 2 heterocycles. The van der Waals surface area contributed by atoms with E-state index in [-0.39, 0.29) is 4.91 Å². The predicted octanol–water partition coefficient (Wildman–Crippen LogP) is 3.43. The van der Waals surface area contributed by atoms with E-state index in [1.54, 1.807) is 24.3 Å². The van der Waals surface area contributed by atoms with Gasteiger partial charge in [-0.3, -0.25) is 19.3 Å². The van der Waals surface area contributed by atoms with E-state index in [9.17, 15) is 14.4 Å². The molecule has 25 heavy (non-hydrogen) atoms. The number of thioether (sulfide) groups is 1. The molecule has 3 amide bonds. The number of aryl methyl sites for hydroxylation is 1. The lowest BCUT2D eigenvalue weighted by Crippen LogP contribution is -2.36. The van der Waals surface area contributed by atoms with Gasteiger partial charge in [-0.25, -0.2) is 0 Å². The molecule has 128 valence electrons. The van der Waals surface area contributed by atoms with Crippen LogP contribution >= 0.6 is 23.4 Å². The van der Waals surface area contributed by atoms with Gasteiger partial charge in [-0.05, 0) is 48.5 Å². The molecule has 0 spiro atoms. The van der Waals surface area contributed by atoms with E-state index in [0.29, 0.717) is 16.5 Å². The molecule has 0 bridgehead atoms. The van der Waals surface area contributed by atoms with Gasteiger partial charge in [0.1, 0.15) is 18.1 Å². The Bertz CT molecular complexity index is 919. The number of carbonyl (C=O) groups is 3. The Kier molecular flexibility index (Phi) is 4.69. The van der Waals surface area contributed by atoms with E-state index < -0.39 is 23.6 Å². The SMILES string of the molecule is Cc1ccc(Cl)cc1-c1ccc(/C=C2\SC(=O)N(CC(N)=O)C2=O)o1. The minimum Gasteiger partial charge on any atom is -0.457 e. The fourth-order valence-corrected chi connectivity index (χ4v) is 3.35. The van der Waals surface area contributed by atoms with E-state index in [2.05, 4.69) is 0 Å². The van der Waals surface area contributed by atoms with Crippen LogP contribution in [0.2, 0.25) is 5.02 Å². The van der Waals surface area contributed by atoms with Gasteiger partial charge in [0.25, 0.3) is 11.1 Å². The Hall–Kier alpha value is -2.51. The van der Waals surface area contributed by atoms with Gasteiger partial charge in [0.2, 0.25) is 5.91 Å². The Balaban J connectivity index is 1.87. The zero-order valence-corrected chi connectivity index (χ0v) is 14.7. The highest BCUT2D eigenvalue weighted by molar-refractivity contribution is 8.18. The lowest BCUT2D eigenvalue weighted by Gasteiger charge is -2.08. The molecule has 3 rings (SSSR count). The fraction of sp³-hybridized carbons (Fsp3) is 0.118. The number of hydrogen-bond donors (Lipinski definition) is 1. The minimum atomic E-state index is -0.750. The van der Waals surface area contributed by atoms with Crippen LogP contribution < -0.4 is 5.73 Å². The minimum absolute atomic E-state index is 0.176. The summed E-state index contributed by atoms with van der Waals surface area (Å²) in [5.74, 6) is -0.299. The monoisotopic (exact) mass is 376 g/mol. The van der Waals surface area contributed by atoms with Crippen LogP contribution in [0.5, 0.6) is 0 Å². The number of nitrogens with zero attached hydrogens (tertiary/aromatic N) is 1. The van der Waals surface area contributed by atoms with Crippen LogP contribution in [0.15, 0.2) is 39.7 Å². The highest BCUT2D eigenvalue weighted by atomic mass is 35.5. The molecule has 0 aliphatic carbocycles. The van der Waals surface area contributed by atoms with Gasteiger partial charge < -0.3 is 10.2 Å². The molecule has 0 atom stereocenters. The zero-order valence-electron chi connectivity index (χ0n) is 13.1. The van der Waals surface area contributed by atoms with Crippen LogP contribution in [-0.4, -0.2) is 28.5 Å². The average molecular weight is 377 g/mol. The molecule has 1 fully saturated rings. The number of primary amides is 1. The molecule has 1 aliphatic heterocycles. The highest BCUT2D eigenvalue weighted by Gasteiger charge is 2.36. The van der Waals surface area contributed by atoms with E-state index in [0.717, 1.165) is 27.8 Å². The lowest BCUT2D eigenvalue weighted by atomic mass is 10.1. The normalized spacial score (nSPS) is 16.1. The molecular formula is C17H13ClN2O4S. The van der Waals surface area contributed by atoms with Gasteiger partial charge in [0.05, 0.1) is 4.91 Å². The van der Waals surface area contributed by atoms with Gasteiger partial charge in [-0.1, -0.05) is 17.7 Å². The first kappa shape index (κ1) is 17.3. The molecule has 1 aliphatic rings. The van der Waals surface area contributed by atoms with Crippen LogP contribution in [0.3, 0.4) is 0 Å². The van der Waals surface area contributed by atoms with Crippen molar-refractivity contribution in [2.24, 2.45) is 5.73 Å². The third kappa shape index (κ3) is 3.62. The Morgan fingerprint density at radius 1 is 1.32 bits per heavy atom. The van der Waals surface area contributed by atoms with Crippen molar-refractivity contribution in [1.29, 1.82) is 0 Å². The second kappa shape index (κ2) is 6.78. The highest BCUT2D eigenvalue weighted by Crippen LogP contribution is 2.34. The Labute approximate surface area is 152 Å². The number of halogens is 1. The molecule has 1 aromatic carbocycles. The molecule has 2 N–H and O–H groups in total. The third-order valence-electron chi connectivity index (χ3n) is 3.55. The molecule has 1 saturated heterocycles. The second-order valence-corrected chi connectivity index (χ2v) is 6.83. The fourth-order valence-electron chi connectivity index (χ4n) is 2.36. The maximum atomic E-state index is 12.2. The lowest BCUT2D eigenvalue weighted by molar-refractivity contribution is -0.127. The molecule has 6 nitrogen and oxygen atoms in total. The molecule has 1 aromatic heterocycles. The topological polar surface area (TPSA) is 93.6 Å². The Morgan fingerprint density at radius 2 is 2.08 bits per heavy atom. The number of carbonyl (C=O) groups excluding carboxylic acids is 3. The molecule has 0 radical (unpaired) electrons. The number of rotatable bonds is 4. The number of imide groups is 1. The van der Waals surface area contributed by atoms with Crippen LogP contribution in [0.25, 0.3) is 17.4 Å². The van der Waals surface area contributed by atoms with Crippen LogP contribution in [-0.2, 0) is 9.59 Å². The van der Waals surface area contributed by atoms with Crippen molar-refractivity contribution in [3.8, 4) is 11.3 Å². The molecule has 0 saturated carbocycles. The average Bonchev–Trinajstić information content (AvgIpc) is 3.10. The molecule has 0 unspecified atom stereocenters. The van der Waals surface area contributed by atoms with Crippen molar-refractivity contribution in [2.75, 3.05) is 6.54 Å². The van der Waals surface area contributed by atoms with E-state index in [4.69, 9.17) is 21.8 Å². The number of hydrogen-bond acceptors (Lipinski definition) is 5. The number of benzene rings is 1.